The van der Waals surface area contributed by atoms with Crippen LogP contribution in [0.3, 0.4) is 0 Å². The molecule has 4 heteroatoms. The number of hydrogen-bond acceptors (Lipinski definition) is 3. The molecule has 0 aliphatic carbocycles. The second-order valence-corrected chi connectivity index (χ2v) is 8.49. The van der Waals surface area contributed by atoms with Gasteiger partial charge in [-0.1, -0.05) is 65.3 Å². The number of carbonyl (C=O) groups excluding carboxylic acids is 1. The zero-order valence-electron chi connectivity index (χ0n) is 15.2. The Kier molecular flexibility index (Phi) is 6.41. The lowest BCUT2D eigenvalue weighted by atomic mass is 9.74. The van der Waals surface area contributed by atoms with Crippen molar-refractivity contribution in [2.45, 2.75) is 60.6 Å². The number of nitrogens with zero attached hydrogens (tertiary/aromatic N) is 1. The fraction of sp³-hybridized carbons (Fsp3) is 0.579. The van der Waals surface area contributed by atoms with E-state index in [0.717, 1.165) is 5.56 Å². The third kappa shape index (κ3) is 6.34. The van der Waals surface area contributed by atoms with Gasteiger partial charge in [-0.2, -0.15) is 0 Å². The van der Waals surface area contributed by atoms with Crippen molar-refractivity contribution < 1.29 is 9.53 Å². The number of hydrogen-bond donors (Lipinski definition) is 0. The van der Waals surface area contributed by atoms with Gasteiger partial charge in [-0.15, -0.1) is 0 Å². The summed E-state index contributed by atoms with van der Waals surface area (Å²) in [4.78, 5) is 16.7. The van der Waals surface area contributed by atoms with Gasteiger partial charge in [-0.3, -0.25) is 4.99 Å². The molecule has 0 saturated carbocycles. The predicted molar refractivity (Wildman–Crippen MR) is 97.3 cm³/mol. The highest BCUT2D eigenvalue weighted by Crippen LogP contribution is 2.36. The molecule has 0 aromatic heterocycles. The van der Waals surface area contributed by atoms with Crippen molar-refractivity contribution in [3.63, 3.8) is 0 Å². The number of benzene rings is 1. The SMILES string of the molecule is CC(N=Cc1ccc(Cl)cc1)C(=O)OC(C(C)(C)C)C(C)(C)C. The van der Waals surface area contributed by atoms with E-state index in [1.54, 1.807) is 25.3 Å². The molecule has 1 unspecified atom stereocenters. The maximum absolute atomic E-state index is 12.4. The van der Waals surface area contributed by atoms with Gasteiger partial charge < -0.3 is 4.74 Å². The molecule has 0 bridgehead atoms. The molecule has 0 heterocycles. The summed E-state index contributed by atoms with van der Waals surface area (Å²) in [5, 5.41) is 0.674. The van der Waals surface area contributed by atoms with Gasteiger partial charge in [0.25, 0.3) is 0 Å². The number of carbonyl (C=O) groups is 1. The summed E-state index contributed by atoms with van der Waals surface area (Å²) in [6, 6.07) is 6.76. The summed E-state index contributed by atoms with van der Waals surface area (Å²) in [6.07, 6.45) is 1.49. The molecule has 0 aliphatic rings. The molecule has 0 aliphatic heterocycles. The molecule has 0 N–H and O–H groups in total. The normalized spacial score (nSPS) is 14.3. The first-order valence-corrected chi connectivity index (χ1v) is 8.28. The van der Waals surface area contributed by atoms with Gasteiger partial charge >= 0.3 is 5.97 Å². The molecule has 0 fully saturated rings. The Balaban J connectivity index is 2.77. The second kappa shape index (κ2) is 7.48. The molecule has 0 radical (unpaired) electrons. The van der Waals surface area contributed by atoms with E-state index in [9.17, 15) is 4.79 Å². The smallest absolute Gasteiger partial charge is 0.330 e. The molecule has 1 atom stereocenters. The Hall–Kier alpha value is -1.35. The quantitative estimate of drug-likeness (QED) is 0.562. The Morgan fingerprint density at radius 1 is 1.09 bits per heavy atom. The minimum absolute atomic E-state index is 0.131. The number of aliphatic imine (C=N–C) groups is 1. The monoisotopic (exact) mass is 337 g/mol. The van der Waals surface area contributed by atoms with Crippen LogP contribution >= 0.6 is 11.6 Å². The van der Waals surface area contributed by atoms with Gasteiger partial charge in [0, 0.05) is 11.2 Å². The molecule has 0 amide bonds. The van der Waals surface area contributed by atoms with Crippen molar-refractivity contribution in [2.24, 2.45) is 15.8 Å². The summed E-state index contributed by atoms with van der Waals surface area (Å²) in [5.74, 6) is -0.301. The molecule has 1 rings (SSSR count). The van der Waals surface area contributed by atoms with Crippen LogP contribution in [0.15, 0.2) is 29.3 Å². The molecule has 128 valence electrons. The van der Waals surface area contributed by atoms with Gasteiger partial charge in [0.1, 0.15) is 12.1 Å². The Bertz CT molecular complexity index is 536. The van der Waals surface area contributed by atoms with Crippen LogP contribution in [-0.2, 0) is 9.53 Å². The summed E-state index contributed by atoms with van der Waals surface area (Å²) in [6.45, 7) is 14.2. The van der Waals surface area contributed by atoms with Crippen LogP contribution in [0.5, 0.6) is 0 Å². The largest absolute Gasteiger partial charge is 0.460 e. The van der Waals surface area contributed by atoms with Crippen molar-refractivity contribution in [3.05, 3.63) is 34.9 Å². The summed E-state index contributed by atoms with van der Waals surface area (Å²) >= 11 is 5.85. The van der Waals surface area contributed by atoms with E-state index in [0.29, 0.717) is 5.02 Å². The Labute approximate surface area is 145 Å². The van der Waals surface area contributed by atoms with Crippen LogP contribution < -0.4 is 0 Å². The molecular formula is C19H28ClNO2. The number of halogens is 1. The maximum atomic E-state index is 12.4. The molecular weight excluding hydrogens is 310 g/mol. The van der Waals surface area contributed by atoms with Crippen molar-refractivity contribution in [3.8, 4) is 0 Å². The fourth-order valence-electron chi connectivity index (χ4n) is 2.67. The summed E-state index contributed by atoms with van der Waals surface area (Å²) < 4.78 is 5.77. The van der Waals surface area contributed by atoms with E-state index in [2.05, 4.69) is 46.5 Å². The molecule has 1 aromatic carbocycles. The second-order valence-electron chi connectivity index (χ2n) is 8.05. The van der Waals surface area contributed by atoms with Gasteiger partial charge in [-0.25, -0.2) is 4.79 Å². The van der Waals surface area contributed by atoms with E-state index in [-0.39, 0.29) is 22.9 Å². The van der Waals surface area contributed by atoms with Crippen LogP contribution in [0.25, 0.3) is 0 Å². The Morgan fingerprint density at radius 2 is 1.57 bits per heavy atom. The number of esters is 1. The number of ether oxygens (including phenoxy) is 1. The predicted octanol–water partition coefficient (Wildman–Crippen LogP) is 5.15. The van der Waals surface area contributed by atoms with E-state index in [1.807, 2.05) is 12.1 Å². The minimum Gasteiger partial charge on any atom is -0.460 e. The van der Waals surface area contributed by atoms with E-state index in [1.165, 1.54) is 0 Å². The molecule has 3 nitrogen and oxygen atoms in total. The van der Waals surface area contributed by atoms with Crippen LogP contribution in [0.2, 0.25) is 5.02 Å². The van der Waals surface area contributed by atoms with E-state index >= 15 is 0 Å². The third-order valence-corrected chi connectivity index (χ3v) is 3.72. The topological polar surface area (TPSA) is 38.7 Å². The summed E-state index contributed by atoms with van der Waals surface area (Å²) in [7, 11) is 0. The zero-order valence-corrected chi connectivity index (χ0v) is 15.9. The summed E-state index contributed by atoms with van der Waals surface area (Å²) in [5.41, 5.74) is 0.637. The fourth-order valence-corrected chi connectivity index (χ4v) is 2.80. The molecule has 0 spiro atoms. The lowest BCUT2D eigenvalue weighted by molar-refractivity contribution is -0.164. The molecule has 23 heavy (non-hydrogen) atoms. The lowest BCUT2D eigenvalue weighted by Crippen LogP contribution is -2.43. The average Bonchev–Trinajstić information content (AvgIpc) is 2.41. The zero-order chi connectivity index (χ0) is 17.8. The van der Waals surface area contributed by atoms with E-state index < -0.39 is 6.04 Å². The Morgan fingerprint density at radius 3 is 2.00 bits per heavy atom. The van der Waals surface area contributed by atoms with Crippen molar-refractivity contribution in [1.82, 2.24) is 0 Å². The van der Waals surface area contributed by atoms with Crippen LogP contribution in [0, 0.1) is 10.8 Å². The van der Waals surface area contributed by atoms with Crippen LogP contribution in [0.1, 0.15) is 54.0 Å². The first kappa shape index (κ1) is 19.7. The first-order chi connectivity index (χ1) is 10.4. The highest BCUT2D eigenvalue weighted by atomic mass is 35.5. The average molecular weight is 338 g/mol. The third-order valence-electron chi connectivity index (χ3n) is 3.47. The van der Waals surface area contributed by atoms with Crippen molar-refractivity contribution in [1.29, 1.82) is 0 Å². The molecule has 1 aromatic rings. The first-order valence-electron chi connectivity index (χ1n) is 7.90. The maximum Gasteiger partial charge on any atom is 0.330 e. The van der Waals surface area contributed by atoms with Gasteiger partial charge in [0.05, 0.1) is 0 Å². The minimum atomic E-state index is -0.544. The lowest BCUT2D eigenvalue weighted by Gasteiger charge is -2.40. The van der Waals surface area contributed by atoms with E-state index in [4.69, 9.17) is 16.3 Å². The van der Waals surface area contributed by atoms with Gasteiger partial charge in [0.2, 0.25) is 0 Å². The highest BCUT2D eigenvalue weighted by molar-refractivity contribution is 6.30. The molecule has 0 saturated heterocycles. The standard InChI is InChI=1S/C19H28ClNO2/c1-13(21-12-14-8-10-15(20)11-9-14)16(22)23-17(18(2,3)4)19(5,6)7/h8-13,17H,1-7H3. The van der Waals surface area contributed by atoms with Gasteiger partial charge in [-0.05, 0) is 35.4 Å². The van der Waals surface area contributed by atoms with Crippen molar-refractivity contribution >= 4 is 23.8 Å². The number of rotatable bonds is 4. The van der Waals surface area contributed by atoms with Crippen LogP contribution in [0.4, 0.5) is 0 Å². The van der Waals surface area contributed by atoms with Gasteiger partial charge in [0.15, 0.2) is 0 Å². The highest BCUT2D eigenvalue weighted by Gasteiger charge is 2.38. The van der Waals surface area contributed by atoms with Crippen LogP contribution in [-0.4, -0.2) is 24.3 Å². The van der Waals surface area contributed by atoms with Crippen molar-refractivity contribution in [2.75, 3.05) is 0 Å².